The third-order valence-electron chi connectivity index (χ3n) is 2.84. The van der Waals surface area contributed by atoms with Gasteiger partial charge in [0.25, 0.3) is 0 Å². The van der Waals surface area contributed by atoms with Crippen molar-refractivity contribution in [3.8, 4) is 0 Å². The maximum absolute atomic E-state index is 8.06. The highest BCUT2D eigenvalue weighted by atomic mass is 16.5. The smallest absolute Gasteiger partial charge is 0.128 e. The summed E-state index contributed by atoms with van der Waals surface area (Å²) >= 11 is 0. The lowest BCUT2D eigenvalue weighted by Crippen LogP contribution is -2.29. The van der Waals surface area contributed by atoms with E-state index >= 15 is 0 Å². The van der Waals surface area contributed by atoms with Crippen LogP contribution in [-0.4, -0.2) is 37.0 Å². The molecule has 1 saturated heterocycles. The fourth-order valence-corrected chi connectivity index (χ4v) is 1.90. The predicted octanol–water partition coefficient (Wildman–Crippen LogP) is 1.73. The molecule has 3 nitrogen and oxygen atoms in total. The first-order valence-electron chi connectivity index (χ1n) is 5.23. The molecule has 0 spiro atoms. The molecule has 1 fully saturated rings. The quantitative estimate of drug-likeness (QED) is 0.588. The monoisotopic (exact) mass is 204 g/mol. The number of methoxy groups -OCH3 is 1. The van der Waals surface area contributed by atoms with Crippen molar-refractivity contribution in [3.63, 3.8) is 0 Å². The van der Waals surface area contributed by atoms with Crippen molar-refractivity contribution in [2.24, 2.45) is 0 Å². The molecule has 1 unspecified atom stereocenters. The Bertz CT molecular complexity index is 337. The Morgan fingerprint density at radius 1 is 1.40 bits per heavy atom. The molecule has 0 amide bonds. The SMILES string of the molecule is COC1CCN(C(=N)c2ccccc2)C1. The second-order valence-corrected chi connectivity index (χ2v) is 3.81. The van der Waals surface area contributed by atoms with Gasteiger partial charge in [0, 0.05) is 25.8 Å². The van der Waals surface area contributed by atoms with Crippen LogP contribution in [0.3, 0.4) is 0 Å². The second kappa shape index (κ2) is 4.45. The van der Waals surface area contributed by atoms with Gasteiger partial charge in [-0.05, 0) is 6.42 Å². The summed E-state index contributed by atoms with van der Waals surface area (Å²) in [5.74, 6) is 0.607. The maximum atomic E-state index is 8.06. The highest BCUT2D eigenvalue weighted by Gasteiger charge is 2.24. The van der Waals surface area contributed by atoms with Crippen molar-refractivity contribution in [1.29, 1.82) is 5.41 Å². The first-order valence-corrected chi connectivity index (χ1v) is 5.23. The van der Waals surface area contributed by atoms with Gasteiger partial charge in [0.05, 0.1) is 6.10 Å². The van der Waals surface area contributed by atoms with Crippen LogP contribution in [0.4, 0.5) is 0 Å². The molecule has 1 heterocycles. The molecule has 80 valence electrons. The van der Waals surface area contributed by atoms with Crippen molar-refractivity contribution < 1.29 is 4.74 Å². The van der Waals surface area contributed by atoms with Crippen LogP contribution in [0.15, 0.2) is 30.3 Å². The molecule has 0 aromatic heterocycles. The van der Waals surface area contributed by atoms with E-state index in [4.69, 9.17) is 10.1 Å². The predicted molar refractivity (Wildman–Crippen MR) is 60.3 cm³/mol. The minimum absolute atomic E-state index is 0.286. The van der Waals surface area contributed by atoms with Crippen molar-refractivity contribution in [2.75, 3.05) is 20.2 Å². The summed E-state index contributed by atoms with van der Waals surface area (Å²) in [6.07, 6.45) is 1.31. The zero-order valence-corrected chi connectivity index (χ0v) is 8.94. The summed E-state index contributed by atoms with van der Waals surface area (Å²) in [5.41, 5.74) is 0.981. The average Bonchev–Trinajstić information content (AvgIpc) is 2.78. The molecule has 0 bridgehead atoms. The number of benzene rings is 1. The third-order valence-corrected chi connectivity index (χ3v) is 2.84. The molecule has 0 radical (unpaired) electrons. The molecule has 1 N–H and O–H groups in total. The van der Waals surface area contributed by atoms with Gasteiger partial charge in [-0.25, -0.2) is 0 Å². The fraction of sp³-hybridized carbons (Fsp3) is 0.417. The van der Waals surface area contributed by atoms with E-state index in [2.05, 4.69) is 4.90 Å². The van der Waals surface area contributed by atoms with E-state index < -0.39 is 0 Å². The molecule has 0 saturated carbocycles. The number of hydrogen-bond donors (Lipinski definition) is 1. The molecule has 1 aromatic rings. The zero-order chi connectivity index (χ0) is 10.7. The Labute approximate surface area is 90.2 Å². The normalized spacial score (nSPS) is 20.6. The summed E-state index contributed by atoms with van der Waals surface area (Å²) in [6.45, 7) is 1.76. The van der Waals surface area contributed by atoms with E-state index in [9.17, 15) is 0 Å². The summed E-state index contributed by atoms with van der Waals surface area (Å²) in [7, 11) is 1.74. The lowest BCUT2D eigenvalue weighted by molar-refractivity contribution is 0.114. The van der Waals surface area contributed by atoms with Crippen molar-refractivity contribution in [2.45, 2.75) is 12.5 Å². The van der Waals surface area contributed by atoms with Crippen LogP contribution in [0.1, 0.15) is 12.0 Å². The summed E-state index contributed by atoms with van der Waals surface area (Å²) in [4.78, 5) is 2.07. The second-order valence-electron chi connectivity index (χ2n) is 3.81. The molecular formula is C12H16N2O. The lowest BCUT2D eigenvalue weighted by Gasteiger charge is -2.19. The Morgan fingerprint density at radius 2 is 2.13 bits per heavy atom. The van der Waals surface area contributed by atoms with Crippen molar-refractivity contribution in [3.05, 3.63) is 35.9 Å². The zero-order valence-electron chi connectivity index (χ0n) is 8.94. The van der Waals surface area contributed by atoms with Gasteiger partial charge in [-0.1, -0.05) is 30.3 Å². The number of nitrogens with one attached hydrogen (secondary N) is 1. The highest BCUT2D eigenvalue weighted by molar-refractivity contribution is 5.96. The van der Waals surface area contributed by atoms with Gasteiger partial charge in [0.1, 0.15) is 5.84 Å². The summed E-state index contributed by atoms with van der Waals surface area (Å²) in [6, 6.07) is 9.85. The summed E-state index contributed by atoms with van der Waals surface area (Å²) in [5, 5.41) is 8.06. The van der Waals surface area contributed by atoms with Gasteiger partial charge < -0.3 is 9.64 Å². The molecule has 3 heteroatoms. The molecule has 1 atom stereocenters. The number of ether oxygens (including phenoxy) is 1. The summed E-state index contributed by atoms with van der Waals surface area (Å²) < 4.78 is 5.29. The molecular weight excluding hydrogens is 188 g/mol. The minimum Gasteiger partial charge on any atom is -0.380 e. The number of likely N-dealkylation sites (tertiary alicyclic amines) is 1. The van der Waals surface area contributed by atoms with Gasteiger partial charge in [-0.3, -0.25) is 5.41 Å². The topological polar surface area (TPSA) is 36.3 Å². The molecule has 1 aliphatic rings. The fourth-order valence-electron chi connectivity index (χ4n) is 1.90. The van der Waals surface area contributed by atoms with Crippen LogP contribution in [0.5, 0.6) is 0 Å². The number of hydrogen-bond acceptors (Lipinski definition) is 2. The van der Waals surface area contributed by atoms with Crippen LogP contribution in [0, 0.1) is 5.41 Å². The van der Waals surface area contributed by atoms with Crippen molar-refractivity contribution in [1.82, 2.24) is 4.90 Å². The third kappa shape index (κ3) is 2.18. The van der Waals surface area contributed by atoms with Crippen LogP contribution < -0.4 is 0 Å². The van der Waals surface area contributed by atoms with Crippen LogP contribution in [0.25, 0.3) is 0 Å². The van der Waals surface area contributed by atoms with Crippen molar-refractivity contribution >= 4 is 5.84 Å². The largest absolute Gasteiger partial charge is 0.380 e. The van der Waals surface area contributed by atoms with E-state index in [1.165, 1.54) is 0 Å². The van der Waals surface area contributed by atoms with Gasteiger partial charge in [-0.2, -0.15) is 0 Å². The van der Waals surface area contributed by atoms with Crippen LogP contribution in [-0.2, 0) is 4.74 Å². The molecule has 15 heavy (non-hydrogen) atoms. The maximum Gasteiger partial charge on any atom is 0.128 e. The molecule has 1 aromatic carbocycles. The van der Waals surface area contributed by atoms with Gasteiger partial charge in [0.15, 0.2) is 0 Å². The highest BCUT2D eigenvalue weighted by Crippen LogP contribution is 2.15. The van der Waals surface area contributed by atoms with E-state index in [-0.39, 0.29) is 6.10 Å². The first-order chi connectivity index (χ1) is 7.31. The Kier molecular flexibility index (Phi) is 3.02. The molecule has 0 aliphatic carbocycles. The number of amidine groups is 1. The van der Waals surface area contributed by atoms with E-state index in [1.807, 2.05) is 30.3 Å². The van der Waals surface area contributed by atoms with Crippen LogP contribution >= 0.6 is 0 Å². The van der Waals surface area contributed by atoms with E-state index in [1.54, 1.807) is 7.11 Å². The molecule has 2 rings (SSSR count). The minimum atomic E-state index is 0.286. The Balaban J connectivity index is 2.04. The average molecular weight is 204 g/mol. The van der Waals surface area contributed by atoms with Gasteiger partial charge >= 0.3 is 0 Å². The Hall–Kier alpha value is -1.35. The standard InChI is InChI=1S/C12H16N2O/c1-15-11-7-8-14(9-11)12(13)10-5-3-2-4-6-10/h2-6,11,13H,7-9H2,1H3. The van der Waals surface area contributed by atoms with E-state index in [0.29, 0.717) is 5.84 Å². The van der Waals surface area contributed by atoms with Gasteiger partial charge in [-0.15, -0.1) is 0 Å². The van der Waals surface area contributed by atoms with Crippen LogP contribution in [0.2, 0.25) is 0 Å². The number of nitrogens with zero attached hydrogens (tertiary/aromatic N) is 1. The Morgan fingerprint density at radius 3 is 2.73 bits per heavy atom. The van der Waals surface area contributed by atoms with E-state index in [0.717, 1.165) is 25.1 Å². The molecule has 1 aliphatic heterocycles. The first kappa shape index (κ1) is 10.2. The van der Waals surface area contributed by atoms with Gasteiger partial charge in [0.2, 0.25) is 0 Å². The number of rotatable bonds is 2. The lowest BCUT2D eigenvalue weighted by atomic mass is 10.2.